The molecule has 4 nitrogen and oxygen atoms in total. The Morgan fingerprint density at radius 1 is 1.26 bits per heavy atom. The first-order valence-corrected chi connectivity index (χ1v) is 6.24. The molecule has 2 aromatic rings. The minimum absolute atomic E-state index is 0.139. The number of hydrogen-bond donors (Lipinski definition) is 2. The fourth-order valence-electron chi connectivity index (χ4n) is 1.98. The molecule has 19 heavy (non-hydrogen) atoms. The van der Waals surface area contributed by atoms with Gasteiger partial charge in [0, 0.05) is 24.1 Å². The molecule has 0 radical (unpaired) electrons. The van der Waals surface area contributed by atoms with E-state index in [0.717, 1.165) is 11.3 Å². The van der Waals surface area contributed by atoms with Gasteiger partial charge >= 0.3 is 0 Å². The number of hydrogen-bond acceptors (Lipinski definition) is 2. The van der Waals surface area contributed by atoms with E-state index >= 15 is 0 Å². The van der Waals surface area contributed by atoms with Crippen molar-refractivity contribution in [2.45, 2.75) is 20.4 Å². The molecule has 0 saturated heterocycles. The molecule has 1 aromatic carbocycles. The van der Waals surface area contributed by atoms with Gasteiger partial charge in [0.15, 0.2) is 0 Å². The summed E-state index contributed by atoms with van der Waals surface area (Å²) in [6.07, 6.45) is 0. The first-order chi connectivity index (χ1) is 8.99. The SMILES string of the molecule is Cc1ccc(N)c(C(=O)NCc2ccc(C)n2C)c1. The molecule has 0 atom stereocenters. The number of rotatable bonds is 3. The second kappa shape index (κ2) is 5.18. The molecule has 1 amide bonds. The highest BCUT2D eigenvalue weighted by Gasteiger charge is 2.10. The van der Waals surface area contributed by atoms with Crippen molar-refractivity contribution in [1.29, 1.82) is 0 Å². The van der Waals surface area contributed by atoms with E-state index in [1.807, 2.05) is 39.1 Å². The molecule has 0 aliphatic heterocycles. The highest BCUT2D eigenvalue weighted by Crippen LogP contribution is 2.14. The molecule has 1 heterocycles. The van der Waals surface area contributed by atoms with E-state index in [4.69, 9.17) is 5.73 Å². The minimum Gasteiger partial charge on any atom is -0.398 e. The van der Waals surface area contributed by atoms with E-state index in [0.29, 0.717) is 17.8 Å². The summed E-state index contributed by atoms with van der Waals surface area (Å²) in [5, 5.41) is 2.90. The van der Waals surface area contributed by atoms with Crippen molar-refractivity contribution in [2.75, 3.05) is 5.73 Å². The van der Waals surface area contributed by atoms with Crippen LogP contribution in [-0.4, -0.2) is 10.5 Å². The van der Waals surface area contributed by atoms with Crippen LogP contribution >= 0.6 is 0 Å². The lowest BCUT2D eigenvalue weighted by Crippen LogP contribution is -2.25. The number of aryl methyl sites for hydroxylation is 2. The van der Waals surface area contributed by atoms with E-state index < -0.39 is 0 Å². The van der Waals surface area contributed by atoms with E-state index in [-0.39, 0.29) is 5.91 Å². The summed E-state index contributed by atoms with van der Waals surface area (Å²) in [5.74, 6) is -0.139. The predicted octanol–water partition coefficient (Wildman–Crippen LogP) is 2.15. The molecule has 100 valence electrons. The summed E-state index contributed by atoms with van der Waals surface area (Å²) < 4.78 is 2.06. The number of aromatic nitrogens is 1. The zero-order chi connectivity index (χ0) is 14.0. The van der Waals surface area contributed by atoms with E-state index in [1.165, 1.54) is 5.69 Å². The number of carbonyl (C=O) groups excluding carboxylic acids is 1. The molecular formula is C15H19N3O. The summed E-state index contributed by atoms with van der Waals surface area (Å²) in [6, 6.07) is 9.50. The summed E-state index contributed by atoms with van der Waals surface area (Å²) >= 11 is 0. The van der Waals surface area contributed by atoms with Crippen LogP contribution in [0.4, 0.5) is 5.69 Å². The first-order valence-electron chi connectivity index (χ1n) is 6.24. The number of nitrogens with zero attached hydrogens (tertiary/aromatic N) is 1. The van der Waals surface area contributed by atoms with Crippen LogP contribution in [0.1, 0.15) is 27.3 Å². The topological polar surface area (TPSA) is 60.1 Å². The number of nitrogens with two attached hydrogens (primary N) is 1. The van der Waals surface area contributed by atoms with Crippen LogP contribution in [0.3, 0.4) is 0 Å². The lowest BCUT2D eigenvalue weighted by atomic mass is 10.1. The van der Waals surface area contributed by atoms with Crippen LogP contribution in [0, 0.1) is 13.8 Å². The normalized spacial score (nSPS) is 10.5. The van der Waals surface area contributed by atoms with Crippen LogP contribution in [0.25, 0.3) is 0 Å². The molecule has 2 rings (SSSR count). The number of amides is 1. The van der Waals surface area contributed by atoms with E-state index in [9.17, 15) is 4.79 Å². The fourth-order valence-corrected chi connectivity index (χ4v) is 1.98. The zero-order valence-corrected chi connectivity index (χ0v) is 11.5. The third-order valence-corrected chi connectivity index (χ3v) is 3.36. The van der Waals surface area contributed by atoms with Crippen molar-refractivity contribution in [3.63, 3.8) is 0 Å². The van der Waals surface area contributed by atoms with Gasteiger partial charge in [-0.2, -0.15) is 0 Å². The summed E-state index contributed by atoms with van der Waals surface area (Å²) in [5.41, 5.74) is 10.1. The van der Waals surface area contributed by atoms with Gasteiger partial charge in [-0.1, -0.05) is 11.6 Å². The monoisotopic (exact) mass is 257 g/mol. The maximum atomic E-state index is 12.1. The molecule has 0 aliphatic carbocycles. The third kappa shape index (κ3) is 2.78. The van der Waals surface area contributed by atoms with Crippen LogP contribution in [-0.2, 0) is 13.6 Å². The fraction of sp³-hybridized carbons (Fsp3) is 0.267. The lowest BCUT2D eigenvalue weighted by Gasteiger charge is -2.09. The van der Waals surface area contributed by atoms with Crippen LogP contribution in [0.15, 0.2) is 30.3 Å². The Labute approximate surface area is 113 Å². The van der Waals surface area contributed by atoms with Crippen molar-refractivity contribution >= 4 is 11.6 Å². The Hall–Kier alpha value is -2.23. The Balaban J connectivity index is 2.09. The molecule has 0 saturated carbocycles. The molecule has 3 N–H and O–H groups in total. The second-order valence-electron chi connectivity index (χ2n) is 4.80. The quantitative estimate of drug-likeness (QED) is 0.828. The molecule has 0 fully saturated rings. The average molecular weight is 257 g/mol. The second-order valence-corrected chi connectivity index (χ2v) is 4.80. The highest BCUT2D eigenvalue weighted by atomic mass is 16.1. The van der Waals surface area contributed by atoms with Gasteiger partial charge in [-0.3, -0.25) is 4.79 Å². The van der Waals surface area contributed by atoms with Gasteiger partial charge in [-0.05, 0) is 38.1 Å². The first kappa shape index (κ1) is 13.2. The van der Waals surface area contributed by atoms with Crippen molar-refractivity contribution in [2.24, 2.45) is 7.05 Å². The molecule has 0 spiro atoms. The Morgan fingerprint density at radius 2 is 2.00 bits per heavy atom. The van der Waals surface area contributed by atoms with Crippen molar-refractivity contribution in [3.05, 3.63) is 52.8 Å². The maximum absolute atomic E-state index is 12.1. The van der Waals surface area contributed by atoms with Gasteiger partial charge in [-0.25, -0.2) is 0 Å². The van der Waals surface area contributed by atoms with Crippen LogP contribution in [0.5, 0.6) is 0 Å². The van der Waals surface area contributed by atoms with Crippen molar-refractivity contribution in [1.82, 2.24) is 9.88 Å². The molecule has 0 aliphatic rings. The highest BCUT2D eigenvalue weighted by molar-refractivity contribution is 5.99. The van der Waals surface area contributed by atoms with Gasteiger partial charge in [0.1, 0.15) is 0 Å². The number of nitrogens with one attached hydrogen (secondary N) is 1. The summed E-state index contributed by atoms with van der Waals surface area (Å²) in [7, 11) is 1.98. The predicted molar refractivity (Wildman–Crippen MR) is 76.9 cm³/mol. The van der Waals surface area contributed by atoms with Gasteiger partial charge in [-0.15, -0.1) is 0 Å². The van der Waals surface area contributed by atoms with Gasteiger partial charge in [0.25, 0.3) is 5.91 Å². The molecular weight excluding hydrogens is 238 g/mol. The summed E-state index contributed by atoms with van der Waals surface area (Å²) in [4.78, 5) is 12.1. The standard InChI is InChI=1S/C15H19N3O/c1-10-4-7-14(16)13(8-10)15(19)17-9-12-6-5-11(2)18(12)3/h4-8H,9,16H2,1-3H3,(H,17,19). The Morgan fingerprint density at radius 3 is 2.63 bits per heavy atom. The third-order valence-electron chi connectivity index (χ3n) is 3.36. The molecule has 4 heteroatoms. The Bertz CT molecular complexity index is 614. The zero-order valence-electron chi connectivity index (χ0n) is 11.5. The average Bonchev–Trinajstić information content (AvgIpc) is 2.70. The summed E-state index contributed by atoms with van der Waals surface area (Å²) in [6.45, 7) is 4.47. The minimum atomic E-state index is -0.139. The smallest absolute Gasteiger partial charge is 0.253 e. The molecule has 1 aromatic heterocycles. The maximum Gasteiger partial charge on any atom is 0.253 e. The van der Waals surface area contributed by atoms with Crippen LogP contribution in [0.2, 0.25) is 0 Å². The van der Waals surface area contributed by atoms with Crippen LogP contribution < -0.4 is 11.1 Å². The molecule has 0 unspecified atom stereocenters. The largest absolute Gasteiger partial charge is 0.398 e. The van der Waals surface area contributed by atoms with Gasteiger partial charge < -0.3 is 15.6 Å². The number of nitrogen functional groups attached to an aromatic ring is 1. The number of carbonyl (C=O) groups is 1. The molecule has 0 bridgehead atoms. The van der Waals surface area contributed by atoms with E-state index in [1.54, 1.807) is 12.1 Å². The van der Waals surface area contributed by atoms with Crippen molar-refractivity contribution in [3.8, 4) is 0 Å². The lowest BCUT2D eigenvalue weighted by molar-refractivity contribution is 0.0951. The number of benzene rings is 1. The number of anilines is 1. The van der Waals surface area contributed by atoms with E-state index in [2.05, 4.69) is 9.88 Å². The van der Waals surface area contributed by atoms with Crippen molar-refractivity contribution < 1.29 is 4.79 Å². The van der Waals surface area contributed by atoms with Gasteiger partial charge in [0.05, 0.1) is 12.1 Å². The van der Waals surface area contributed by atoms with Gasteiger partial charge in [0.2, 0.25) is 0 Å². The Kier molecular flexibility index (Phi) is 3.60.